The molecule has 1 aromatic heterocycles. The quantitative estimate of drug-likeness (QED) is 0.821. The monoisotopic (exact) mass is 309 g/mol. The third kappa shape index (κ3) is 6.61. The van der Waals surface area contributed by atoms with Crippen LogP contribution in [0.2, 0.25) is 0 Å². The Balaban J connectivity index is 2.32. The molecule has 0 aromatic carbocycles. The van der Waals surface area contributed by atoms with Crippen LogP contribution in [0.4, 0.5) is 4.79 Å². The van der Waals surface area contributed by atoms with Crippen LogP contribution in [-0.4, -0.2) is 36.2 Å². The van der Waals surface area contributed by atoms with E-state index in [-0.39, 0.29) is 6.09 Å². The molecule has 0 radical (unpaired) electrons. The van der Waals surface area contributed by atoms with Gasteiger partial charge in [-0.15, -0.1) is 11.3 Å². The van der Waals surface area contributed by atoms with E-state index in [4.69, 9.17) is 10.00 Å². The molecule has 0 aliphatic carbocycles. The zero-order chi connectivity index (χ0) is 15.9. The fourth-order valence-electron chi connectivity index (χ4n) is 1.66. The van der Waals surface area contributed by atoms with Crippen LogP contribution in [0.1, 0.15) is 37.4 Å². The topological polar surface area (TPSA) is 65.4 Å². The minimum Gasteiger partial charge on any atom is -0.444 e. The van der Waals surface area contributed by atoms with Crippen LogP contribution in [0, 0.1) is 11.3 Å². The van der Waals surface area contributed by atoms with E-state index in [1.807, 2.05) is 39.8 Å². The average molecular weight is 309 g/mol. The maximum Gasteiger partial charge on any atom is 0.410 e. The van der Waals surface area contributed by atoms with Gasteiger partial charge in [-0.3, -0.25) is 0 Å². The SMILES string of the molecule is CCN(CCNCc1ccc(C#N)s1)C(=O)OC(C)(C)C. The van der Waals surface area contributed by atoms with E-state index in [0.29, 0.717) is 26.2 Å². The molecule has 6 heteroatoms. The summed E-state index contributed by atoms with van der Waals surface area (Å²) in [6.45, 7) is 10.1. The fourth-order valence-corrected chi connectivity index (χ4v) is 2.44. The minimum absolute atomic E-state index is 0.283. The van der Waals surface area contributed by atoms with Crippen molar-refractivity contribution in [2.24, 2.45) is 0 Å². The fraction of sp³-hybridized carbons (Fsp3) is 0.600. The largest absolute Gasteiger partial charge is 0.444 e. The number of ether oxygens (including phenoxy) is 1. The third-order valence-electron chi connectivity index (χ3n) is 2.66. The van der Waals surface area contributed by atoms with Gasteiger partial charge < -0.3 is 15.0 Å². The van der Waals surface area contributed by atoms with E-state index >= 15 is 0 Å². The van der Waals surface area contributed by atoms with Crippen LogP contribution in [0.15, 0.2) is 12.1 Å². The van der Waals surface area contributed by atoms with Gasteiger partial charge in [-0.05, 0) is 39.8 Å². The Kier molecular flexibility index (Phi) is 6.66. The maximum atomic E-state index is 11.9. The molecule has 0 bridgehead atoms. The highest BCUT2D eigenvalue weighted by atomic mass is 32.1. The van der Waals surface area contributed by atoms with E-state index in [1.165, 1.54) is 11.3 Å². The normalized spacial score (nSPS) is 11.0. The Morgan fingerprint density at radius 2 is 2.19 bits per heavy atom. The first-order valence-electron chi connectivity index (χ1n) is 7.03. The number of nitriles is 1. The van der Waals surface area contributed by atoms with E-state index in [2.05, 4.69) is 11.4 Å². The van der Waals surface area contributed by atoms with Gasteiger partial charge in [-0.2, -0.15) is 5.26 Å². The molecule has 116 valence electrons. The van der Waals surface area contributed by atoms with Crippen molar-refractivity contribution in [3.63, 3.8) is 0 Å². The highest BCUT2D eigenvalue weighted by molar-refractivity contribution is 7.12. The molecular weight excluding hydrogens is 286 g/mol. The first-order chi connectivity index (χ1) is 9.85. The van der Waals surface area contributed by atoms with Crippen LogP contribution in [0.3, 0.4) is 0 Å². The summed E-state index contributed by atoms with van der Waals surface area (Å²) in [7, 11) is 0. The van der Waals surface area contributed by atoms with Gasteiger partial charge in [0.05, 0.1) is 0 Å². The smallest absolute Gasteiger partial charge is 0.410 e. The van der Waals surface area contributed by atoms with Crippen LogP contribution in [0.25, 0.3) is 0 Å². The zero-order valence-corrected chi connectivity index (χ0v) is 13.9. The second kappa shape index (κ2) is 8.01. The van der Waals surface area contributed by atoms with Crippen molar-refractivity contribution in [2.75, 3.05) is 19.6 Å². The number of likely N-dealkylation sites (N-methyl/N-ethyl adjacent to an activating group) is 1. The summed E-state index contributed by atoms with van der Waals surface area (Å²) < 4.78 is 5.35. The molecule has 0 fully saturated rings. The molecule has 21 heavy (non-hydrogen) atoms. The summed E-state index contributed by atoms with van der Waals surface area (Å²) in [6.07, 6.45) is -0.283. The van der Waals surface area contributed by atoms with Crippen molar-refractivity contribution in [1.29, 1.82) is 5.26 Å². The maximum absolute atomic E-state index is 11.9. The van der Waals surface area contributed by atoms with Gasteiger partial charge in [-0.1, -0.05) is 0 Å². The molecule has 0 saturated heterocycles. The van der Waals surface area contributed by atoms with Crippen molar-refractivity contribution >= 4 is 17.4 Å². The van der Waals surface area contributed by atoms with E-state index in [0.717, 1.165) is 9.75 Å². The van der Waals surface area contributed by atoms with Crippen molar-refractivity contribution < 1.29 is 9.53 Å². The molecule has 1 rings (SSSR count). The van der Waals surface area contributed by atoms with Crippen LogP contribution >= 0.6 is 11.3 Å². The number of hydrogen-bond acceptors (Lipinski definition) is 5. The number of amides is 1. The highest BCUT2D eigenvalue weighted by Gasteiger charge is 2.20. The predicted molar refractivity (Wildman–Crippen MR) is 84.2 cm³/mol. The van der Waals surface area contributed by atoms with Gasteiger partial charge in [0.25, 0.3) is 0 Å². The summed E-state index contributed by atoms with van der Waals surface area (Å²) in [5, 5.41) is 12.0. The predicted octanol–water partition coefficient (Wildman–Crippen LogP) is 2.97. The Hall–Kier alpha value is -1.58. The lowest BCUT2D eigenvalue weighted by molar-refractivity contribution is 0.0262. The van der Waals surface area contributed by atoms with Gasteiger partial charge in [-0.25, -0.2) is 4.79 Å². The number of nitrogens with one attached hydrogen (secondary N) is 1. The minimum atomic E-state index is -0.470. The third-order valence-corrected chi connectivity index (χ3v) is 3.65. The molecule has 1 aromatic rings. The lowest BCUT2D eigenvalue weighted by Crippen LogP contribution is -2.40. The molecule has 1 N–H and O–H groups in total. The van der Waals surface area contributed by atoms with Gasteiger partial charge in [0.1, 0.15) is 16.5 Å². The summed E-state index contributed by atoms with van der Waals surface area (Å²) in [5.74, 6) is 0. The Labute approximate surface area is 130 Å². The summed E-state index contributed by atoms with van der Waals surface area (Å²) >= 11 is 1.48. The summed E-state index contributed by atoms with van der Waals surface area (Å²) in [4.78, 5) is 15.4. The molecule has 1 heterocycles. The molecule has 0 spiro atoms. The molecule has 0 unspecified atom stereocenters. The Morgan fingerprint density at radius 3 is 2.71 bits per heavy atom. The van der Waals surface area contributed by atoms with E-state index in [1.54, 1.807) is 4.90 Å². The van der Waals surface area contributed by atoms with Crippen molar-refractivity contribution in [3.8, 4) is 6.07 Å². The first-order valence-corrected chi connectivity index (χ1v) is 7.85. The van der Waals surface area contributed by atoms with Gasteiger partial charge in [0, 0.05) is 31.1 Å². The number of carbonyl (C=O) groups is 1. The van der Waals surface area contributed by atoms with E-state index < -0.39 is 5.60 Å². The average Bonchev–Trinajstić information content (AvgIpc) is 2.84. The molecule has 0 aliphatic heterocycles. The molecule has 1 amide bonds. The number of nitrogens with zero attached hydrogens (tertiary/aromatic N) is 2. The lowest BCUT2D eigenvalue weighted by Gasteiger charge is -2.26. The van der Waals surface area contributed by atoms with Crippen LogP contribution in [-0.2, 0) is 11.3 Å². The number of hydrogen-bond donors (Lipinski definition) is 1. The second-order valence-corrected chi connectivity index (χ2v) is 6.78. The van der Waals surface area contributed by atoms with E-state index in [9.17, 15) is 4.79 Å². The van der Waals surface area contributed by atoms with Crippen LogP contribution in [0.5, 0.6) is 0 Å². The Bertz CT molecular complexity index is 500. The summed E-state index contributed by atoms with van der Waals surface area (Å²) in [5.41, 5.74) is -0.470. The zero-order valence-electron chi connectivity index (χ0n) is 13.1. The lowest BCUT2D eigenvalue weighted by atomic mass is 10.2. The first kappa shape index (κ1) is 17.5. The van der Waals surface area contributed by atoms with Gasteiger partial charge in [0.2, 0.25) is 0 Å². The van der Waals surface area contributed by atoms with Gasteiger partial charge >= 0.3 is 6.09 Å². The van der Waals surface area contributed by atoms with Crippen molar-refractivity contribution in [1.82, 2.24) is 10.2 Å². The second-order valence-electron chi connectivity index (χ2n) is 5.61. The standard InChI is InChI=1S/C15H23N3O2S/c1-5-18(14(19)20-15(2,3)4)9-8-17-11-13-7-6-12(10-16)21-13/h6-7,17H,5,8-9,11H2,1-4H3. The molecular formula is C15H23N3O2S. The number of carbonyl (C=O) groups excluding carboxylic acids is 1. The van der Waals surface area contributed by atoms with Crippen molar-refractivity contribution in [2.45, 2.75) is 39.8 Å². The highest BCUT2D eigenvalue weighted by Crippen LogP contribution is 2.14. The molecule has 0 atom stereocenters. The Morgan fingerprint density at radius 1 is 1.48 bits per heavy atom. The van der Waals surface area contributed by atoms with Gasteiger partial charge in [0.15, 0.2) is 0 Å². The van der Waals surface area contributed by atoms with Crippen molar-refractivity contribution in [3.05, 3.63) is 21.9 Å². The molecule has 0 aliphatic rings. The number of thiophene rings is 1. The number of rotatable bonds is 6. The summed E-state index contributed by atoms with van der Waals surface area (Å²) in [6, 6.07) is 5.89. The molecule has 5 nitrogen and oxygen atoms in total. The molecule has 0 saturated carbocycles. The van der Waals surface area contributed by atoms with Crippen LogP contribution < -0.4 is 5.32 Å².